The quantitative estimate of drug-likeness (QED) is 0.125. The summed E-state index contributed by atoms with van der Waals surface area (Å²) < 4.78 is 29.4. The molecular weight excluding hydrogens is 725 g/mol. The lowest BCUT2D eigenvalue weighted by Gasteiger charge is -2.17. The van der Waals surface area contributed by atoms with Gasteiger partial charge >= 0.3 is 0 Å². The first-order chi connectivity index (χ1) is 27.0. The zero-order valence-electron chi connectivity index (χ0n) is 31.9. The minimum atomic E-state index is -3.24. The van der Waals surface area contributed by atoms with Gasteiger partial charge in [-0.15, -0.1) is 0 Å². The molecule has 4 heterocycles. The van der Waals surface area contributed by atoms with Gasteiger partial charge in [0, 0.05) is 44.3 Å². The number of para-hydroxylation sites is 2. The van der Waals surface area contributed by atoms with Crippen LogP contribution in [0.15, 0.2) is 146 Å². The van der Waals surface area contributed by atoms with E-state index in [2.05, 4.69) is 144 Å². The summed E-state index contributed by atoms with van der Waals surface area (Å²) in [5.41, 5.74) is 9.76. The molecule has 0 aliphatic rings. The first kappa shape index (κ1) is 34.4. The first-order valence-corrected chi connectivity index (χ1v) is 24.5. The van der Waals surface area contributed by atoms with E-state index in [1.165, 1.54) is 38.5 Å². The second kappa shape index (κ2) is 12.5. The highest BCUT2D eigenvalue weighted by atomic mass is 32.2. The second-order valence-corrected chi connectivity index (χ2v) is 23.5. The van der Waals surface area contributed by atoms with Gasteiger partial charge in [0.05, 0.1) is 52.3 Å². The molecule has 0 amide bonds. The summed E-state index contributed by atoms with van der Waals surface area (Å²) in [4.78, 5) is 10.6. The number of sulfone groups is 1. The van der Waals surface area contributed by atoms with Crippen molar-refractivity contribution in [2.45, 2.75) is 31.8 Å². The van der Waals surface area contributed by atoms with Gasteiger partial charge < -0.3 is 4.40 Å². The second-order valence-electron chi connectivity index (χ2n) is 16.0. The predicted octanol–water partition coefficient (Wildman–Crippen LogP) is 11.3. The molecule has 0 unspecified atom stereocenters. The fourth-order valence-corrected chi connectivity index (χ4v) is 10.2. The van der Waals surface area contributed by atoms with E-state index < -0.39 is 23.2 Å². The predicted molar refractivity (Wildman–Crippen MR) is 237 cm³/mol. The van der Waals surface area contributed by atoms with Gasteiger partial charge in [-0.3, -0.25) is 4.57 Å². The van der Waals surface area contributed by atoms with Gasteiger partial charge in [0.25, 0.3) is 0 Å². The van der Waals surface area contributed by atoms with Crippen LogP contribution in [0.1, 0.15) is 17.7 Å². The van der Waals surface area contributed by atoms with Crippen LogP contribution in [0.2, 0.25) is 19.6 Å². The third kappa shape index (κ3) is 5.39. The molecule has 0 fully saturated rings. The monoisotopic (exact) mass is 764 g/mol. The van der Waals surface area contributed by atoms with Gasteiger partial charge in [0.1, 0.15) is 0 Å². The van der Waals surface area contributed by atoms with E-state index in [0.717, 1.165) is 60.9 Å². The summed E-state index contributed by atoms with van der Waals surface area (Å²) >= 11 is 0. The number of pyridine rings is 1. The van der Waals surface area contributed by atoms with Crippen LogP contribution in [-0.4, -0.2) is 41.7 Å². The van der Waals surface area contributed by atoms with Crippen molar-refractivity contribution in [1.82, 2.24) is 18.9 Å². The molecule has 0 N–H and O–H groups in total. The maximum atomic E-state index is 12.4. The maximum Gasteiger partial charge on any atom is 0.235 e. The number of benzene rings is 6. The molecule has 6 nitrogen and oxygen atoms in total. The van der Waals surface area contributed by atoms with Crippen molar-refractivity contribution in [3.63, 3.8) is 0 Å². The van der Waals surface area contributed by atoms with Gasteiger partial charge in [-0.25, -0.2) is 18.4 Å². The smallest absolute Gasteiger partial charge is 0.235 e. The summed E-state index contributed by atoms with van der Waals surface area (Å²) in [6.45, 7) is 8.80. The van der Waals surface area contributed by atoms with Crippen LogP contribution in [0.5, 0.6) is 0 Å². The van der Waals surface area contributed by atoms with Crippen LogP contribution in [0, 0.1) is 0 Å². The van der Waals surface area contributed by atoms with Crippen molar-refractivity contribution < 1.29 is 8.42 Å². The Kier molecular flexibility index (Phi) is 7.66. The van der Waals surface area contributed by atoms with Gasteiger partial charge in [-0.2, -0.15) is 0 Å². The lowest BCUT2D eigenvalue weighted by atomic mass is 10.0. The topological polar surface area (TPSA) is 69.3 Å². The summed E-state index contributed by atoms with van der Waals surface area (Å²) in [5, 5.41) is 7.90. The molecular formula is C48H40N4O2SSi. The van der Waals surface area contributed by atoms with Crippen molar-refractivity contribution in [1.29, 1.82) is 0 Å². The Labute approximate surface area is 326 Å². The Morgan fingerprint density at radius 3 is 1.75 bits per heavy atom. The molecule has 0 saturated heterocycles. The van der Waals surface area contributed by atoms with Gasteiger partial charge in [-0.05, 0) is 48.2 Å². The lowest BCUT2D eigenvalue weighted by molar-refractivity contribution is 0.592. The van der Waals surface area contributed by atoms with Crippen LogP contribution in [0.4, 0.5) is 0 Å². The normalized spacial score (nSPS) is 13.2. The Morgan fingerprint density at radius 1 is 0.571 bits per heavy atom. The molecule has 0 aliphatic heterocycles. The van der Waals surface area contributed by atoms with E-state index in [1.54, 1.807) is 6.92 Å². The molecule has 10 rings (SSSR count). The largest absolute Gasteiger partial charge is 0.308 e. The summed E-state index contributed by atoms with van der Waals surface area (Å²) in [7, 11) is -4.76. The highest BCUT2D eigenvalue weighted by Crippen LogP contribution is 2.41. The van der Waals surface area contributed by atoms with Crippen LogP contribution in [-0.2, 0) is 9.84 Å². The zero-order valence-corrected chi connectivity index (χ0v) is 33.8. The van der Waals surface area contributed by atoms with Gasteiger partial charge in [-0.1, -0.05) is 140 Å². The number of rotatable bonds is 6. The Balaban J connectivity index is 1.27. The van der Waals surface area contributed by atoms with Crippen molar-refractivity contribution >= 4 is 83.0 Å². The summed E-state index contributed by atoms with van der Waals surface area (Å²) in [5.74, 6) is 0.571. The fourth-order valence-electron chi connectivity index (χ4n) is 8.39. The first-order valence-electron chi connectivity index (χ1n) is 19.0. The molecule has 4 aromatic heterocycles. The van der Waals surface area contributed by atoms with Crippen LogP contribution in [0.25, 0.3) is 88.4 Å². The number of nitrogens with zero attached hydrogens (tertiary/aromatic N) is 4. The zero-order chi connectivity index (χ0) is 38.5. The number of aromatic nitrogens is 4. The molecule has 0 radical (unpaired) electrons. The molecule has 274 valence electrons. The van der Waals surface area contributed by atoms with Gasteiger partial charge in [0.2, 0.25) is 5.95 Å². The number of fused-ring (bicyclic) bond motifs is 12. The molecule has 8 heteroatoms. The third-order valence-corrected chi connectivity index (χ3v) is 15.1. The minimum absolute atomic E-state index is 0.571. The molecule has 0 saturated carbocycles. The van der Waals surface area contributed by atoms with E-state index in [-0.39, 0.29) is 0 Å². The Bertz CT molecular complexity index is 3320. The SMILES string of the molecule is C[C@@H](c1ccc(-c2cc(-c3ccc([Si](C)(C)C)cc3)nc(-n3c4ccccc4c4c3ccc3cc5c6ccccc6c6ccccc6n5c34)n2)cc1)S(C)(=O)=O. The van der Waals surface area contributed by atoms with E-state index in [0.29, 0.717) is 5.95 Å². The van der Waals surface area contributed by atoms with Crippen molar-refractivity contribution in [2.75, 3.05) is 6.26 Å². The number of hydrogen-bond donors (Lipinski definition) is 0. The van der Waals surface area contributed by atoms with Crippen molar-refractivity contribution in [3.8, 4) is 28.5 Å². The summed E-state index contributed by atoms with van der Waals surface area (Å²) in [6.07, 6.45) is 1.28. The Hall–Kier alpha value is -6.09. The molecule has 6 aromatic carbocycles. The fraction of sp³-hybridized carbons (Fsp3) is 0.125. The Morgan fingerprint density at radius 2 is 1.12 bits per heavy atom. The third-order valence-electron chi connectivity index (χ3n) is 11.5. The van der Waals surface area contributed by atoms with Crippen molar-refractivity contribution in [2.24, 2.45) is 0 Å². The van der Waals surface area contributed by atoms with Crippen LogP contribution >= 0.6 is 0 Å². The highest BCUT2D eigenvalue weighted by molar-refractivity contribution is 7.90. The van der Waals surface area contributed by atoms with E-state index >= 15 is 0 Å². The summed E-state index contributed by atoms with van der Waals surface area (Å²) in [6, 6.07) is 51.3. The van der Waals surface area contributed by atoms with Crippen molar-refractivity contribution in [3.05, 3.63) is 151 Å². The minimum Gasteiger partial charge on any atom is -0.308 e. The maximum absolute atomic E-state index is 12.4. The average Bonchev–Trinajstić information content (AvgIpc) is 3.77. The molecule has 0 spiro atoms. The number of hydrogen-bond acceptors (Lipinski definition) is 4. The molecule has 10 aromatic rings. The average molecular weight is 765 g/mol. The molecule has 56 heavy (non-hydrogen) atoms. The molecule has 0 bridgehead atoms. The standard InChI is InChI=1S/C48H40N4O2SSi/c1-30(55(2,53)54)31-18-20-32(21-19-31)40-29-41(33-22-25-35(26-23-33)56(3,4)5)50-48(49-40)52-43-17-11-9-15-39(43)46-44(52)27-24-34-28-45-38-14-7-6-12-36(38)37-13-8-10-16-42(37)51(45)47(34)46/h6-30H,1-5H3/t30-/m0/s1. The van der Waals surface area contributed by atoms with Gasteiger partial charge in [0.15, 0.2) is 9.84 Å². The lowest BCUT2D eigenvalue weighted by Crippen LogP contribution is -2.37. The van der Waals surface area contributed by atoms with Crippen LogP contribution < -0.4 is 5.19 Å². The van der Waals surface area contributed by atoms with E-state index in [4.69, 9.17) is 9.97 Å². The highest BCUT2D eigenvalue weighted by Gasteiger charge is 2.23. The van der Waals surface area contributed by atoms with E-state index in [1.807, 2.05) is 30.3 Å². The molecule has 1 atom stereocenters. The van der Waals surface area contributed by atoms with E-state index in [9.17, 15) is 8.42 Å². The van der Waals surface area contributed by atoms with Crippen LogP contribution in [0.3, 0.4) is 0 Å². The molecule has 0 aliphatic carbocycles.